The Labute approximate surface area is 51.1 Å². The third-order valence-corrected chi connectivity index (χ3v) is 1.37. The molecule has 0 aromatic heterocycles. The van der Waals surface area contributed by atoms with Crippen LogP contribution < -0.4 is 0 Å². The van der Waals surface area contributed by atoms with E-state index in [1.807, 2.05) is 7.05 Å². The van der Waals surface area contributed by atoms with E-state index in [1.54, 1.807) is 0 Å². The third kappa shape index (κ3) is 1.80. The van der Waals surface area contributed by atoms with Gasteiger partial charge in [-0.25, -0.2) is 0 Å². The molecule has 1 saturated heterocycles. The van der Waals surface area contributed by atoms with E-state index >= 15 is 0 Å². The van der Waals surface area contributed by atoms with Crippen molar-refractivity contribution in [1.82, 2.24) is 4.90 Å². The summed E-state index contributed by atoms with van der Waals surface area (Å²) in [5, 5.41) is 8.86. The maximum atomic E-state index is 8.86. The second kappa shape index (κ2) is 3.05. The van der Waals surface area contributed by atoms with E-state index in [9.17, 15) is 0 Å². The average Bonchev–Trinajstić information content (AvgIpc) is 1.87. The number of hydrogen-bond acceptors (Lipinski definition) is 2. The van der Waals surface area contributed by atoms with E-state index in [1.165, 1.54) is 0 Å². The molecule has 0 radical (unpaired) electrons. The molecular weight excluding hydrogens is 102 g/mol. The molecule has 1 heterocycles. The van der Waals surface area contributed by atoms with Crippen LogP contribution in [0.3, 0.4) is 0 Å². The second-order valence-corrected chi connectivity index (χ2v) is 2.20. The molecule has 0 unspecified atom stereocenters. The summed E-state index contributed by atoms with van der Waals surface area (Å²) >= 11 is 0. The van der Waals surface area contributed by atoms with Crippen LogP contribution in [0.15, 0.2) is 0 Å². The predicted molar refractivity (Wildman–Crippen MR) is 34.9 cm³/mol. The zero-order chi connectivity index (χ0) is 5.28. The lowest BCUT2D eigenvalue weighted by molar-refractivity contribution is 0.183. The minimum atomic E-state index is -0.0509. The fourth-order valence-electron chi connectivity index (χ4n) is 0.912. The first-order valence-electron chi connectivity index (χ1n) is 2.65. The van der Waals surface area contributed by atoms with E-state index in [-0.39, 0.29) is 13.5 Å². The van der Waals surface area contributed by atoms with E-state index < -0.39 is 0 Å². The summed E-state index contributed by atoms with van der Waals surface area (Å²) in [7, 11) is 2.02. The number of hydrogen-bond donors (Lipinski definition) is 1. The number of likely N-dealkylation sites (tertiary alicyclic amines) is 1. The summed E-state index contributed by atoms with van der Waals surface area (Å²) < 4.78 is 0. The monoisotopic (exact) mass is 117 g/mol. The Hall–Kier alpha value is -0.0800. The largest absolute Gasteiger partial charge is 0.392 e. The highest BCUT2D eigenvalue weighted by atomic mass is 16.3. The van der Waals surface area contributed by atoms with Crippen molar-refractivity contribution < 1.29 is 5.11 Å². The van der Waals surface area contributed by atoms with Gasteiger partial charge in [0.05, 0.1) is 6.10 Å². The quantitative estimate of drug-likeness (QED) is 0.494. The Morgan fingerprint density at radius 2 is 2.25 bits per heavy atom. The van der Waals surface area contributed by atoms with Crippen molar-refractivity contribution in [3.8, 4) is 0 Å². The van der Waals surface area contributed by atoms with Gasteiger partial charge >= 0.3 is 0 Å². The summed E-state index contributed by atoms with van der Waals surface area (Å²) in [6.45, 7) is 1.92. The van der Waals surface area contributed by atoms with Gasteiger partial charge in [0, 0.05) is 13.1 Å². The molecule has 1 rings (SSSR count). The van der Waals surface area contributed by atoms with Gasteiger partial charge in [-0.15, -0.1) is 0 Å². The van der Waals surface area contributed by atoms with Crippen LogP contribution in [0.4, 0.5) is 0 Å². The number of nitrogens with zero attached hydrogens (tertiary/aromatic N) is 1. The molecule has 0 saturated carbocycles. The number of aliphatic hydroxyl groups excluding tert-OH is 1. The number of aliphatic hydroxyl groups is 1. The summed E-state index contributed by atoms with van der Waals surface area (Å²) in [6.07, 6.45) is 0.904. The normalized spacial score (nSPS) is 30.0. The standard InChI is InChI=1S/C5H11NO.CH4/c1-6-3-2-5(7)4-6;/h5,7H,2-4H2,1H3;1H4/t5-;/m1./s1. The smallest absolute Gasteiger partial charge is 0.0679 e. The van der Waals surface area contributed by atoms with Gasteiger partial charge in [0.1, 0.15) is 0 Å². The molecule has 0 aliphatic carbocycles. The van der Waals surface area contributed by atoms with Gasteiger partial charge in [-0.2, -0.15) is 0 Å². The van der Waals surface area contributed by atoms with Crippen LogP contribution in [-0.2, 0) is 0 Å². The Morgan fingerprint density at radius 1 is 1.62 bits per heavy atom. The van der Waals surface area contributed by atoms with Gasteiger partial charge in [-0.3, -0.25) is 0 Å². The summed E-state index contributed by atoms with van der Waals surface area (Å²) in [5.74, 6) is 0. The maximum Gasteiger partial charge on any atom is 0.0679 e. The molecule has 0 bridgehead atoms. The molecule has 1 aliphatic heterocycles. The first kappa shape index (κ1) is 7.92. The second-order valence-electron chi connectivity index (χ2n) is 2.20. The van der Waals surface area contributed by atoms with Crippen LogP contribution >= 0.6 is 0 Å². The van der Waals surface area contributed by atoms with Crippen molar-refractivity contribution >= 4 is 0 Å². The molecular formula is C6H15NO. The third-order valence-electron chi connectivity index (χ3n) is 1.37. The summed E-state index contributed by atoms with van der Waals surface area (Å²) in [4.78, 5) is 2.13. The van der Waals surface area contributed by atoms with E-state index in [4.69, 9.17) is 5.11 Å². The molecule has 0 amide bonds. The maximum absolute atomic E-state index is 8.86. The van der Waals surface area contributed by atoms with Crippen LogP contribution in [0.5, 0.6) is 0 Å². The Kier molecular flexibility index (Phi) is 3.02. The zero-order valence-electron chi connectivity index (χ0n) is 4.59. The van der Waals surface area contributed by atoms with Crippen LogP contribution in [0.25, 0.3) is 0 Å². The summed E-state index contributed by atoms with van der Waals surface area (Å²) in [5.41, 5.74) is 0. The van der Waals surface area contributed by atoms with Gasteiger partial charge in [0.2, 0.25) is 0 Å². The Balaban J connectivity index is 0.000000490. The van der Waals surface area contributed by atoms with Crippen molar-refractivity contribution in [2.45, 2.75) is 20.0 Å². The molecule has 2 nitrogen and oxygen atoms in total. The lowest BCUT2D eigenvalue weighted by Gasteiger charge is -2.02. The highest BCUT2D eigenvalue weighted by Crippen LogP contribution is 2.03. The summed E-state index contributed by atoms with van der Waals surface area (Å²) in [6, 6.07) is 0. The van der Waals surface area contributed by atoms with Crippen molar-refractivity contribution in [2.24, 2.45) is 0 Å². The number of likely N-dealkylation sites (N-methyl/N-ethyl adjacent to an activating group) is 1. The van der Waals surface area contributed by atoms with Gasteiger partial charge in [0.25, 0.3) is 0 Å². The highest BCUT2D eigenvalue weighted by molar-refractivity contribution is 4.70. The Morgan fingerprint density at radius 3 is 2.38 bits per heavy atom. The molecule has 0 spiro atoms. The molecule has 0 aromatic carbocycles. The SMILES string of the molecule is C.CN1CC[C@@H](O)C1. The van der Waals surface area contributed by atoms with Gasteiger partial charge in [0.15, 0.2) is 0 Å². The van der Waals surface area contributed by atoms with Crippen molar-refractivity contribution in [3.05, 3.63) is 0 Å². The van der Waals surface area contributed by atoms with E-state index in [0.29, 0.717) is 0 Å². The predicted octanol–water partition coefficient (Wildman–Crippen LogP) is 0.319. The van der Waals surface area contributed by atoms with Crippen molar-refractivity contribution in [3.63, 3.8) is 0 Å². The Bertz CT molecular complexity index is 57.5. The lowest BCUT2D eigenvalue weighted by atomic mass is 10.3. The lowest BCUT2D eigenvalue weighted by Crippen LogP contribution is -2.15. The van der Waals surface area contributed by atoms with Crippen LogP contribution in [0.1, 0.15) is 13.8 Å². The molecule has 50 valence electrons. The van der Waals surface area contributed by atoms with Crippen molar-refractivity contribution in [2.75, 3.05) is 20.1 Å². The number of β-amino-alcohol motifs (C(OH)–C–C–N with tert-alkyl or cyclic N) is 1. The van der Waals surface area contributed by atoms with E-state index in [0.717, 1.165) is 19.5 Å². The molecule has 1 aliphatic rings. The molecule has 0 aromatic rings. The molecule has 1 N–H and O–H groups in total. The van der Waals surface area contributed by atoms with Crippen LogP contribution in [0, 0.1) is 0 Å². The molecule has 1 fully saturated rings. The van der Waals surface area contributed by atoms with E-state index in [2.05, 4.69) is 4.90 Å². The van der Waals surface area contributed by atoms with Crippen LogP contribution in [0.2, 0.25) is 0 Å². The fourth-order valence-corrected chi connectivity index (χ4v) is 0.912. The minimum absolute atomic E-state index is 0. The van der Waals surface area contributed by atoms with Crippen LogP contribution in [-0.4, -0.2) is 36.2 Å². The first-order valence-corrected chi connectivity index (χ1v) is 2.65. The highest BCUT2D eigenvalue weighted by Gasteiger charge is 2.14. The molecule has 2 heteroatoms. The fraction of sp³-hybridized carbons (Fsp3) is 1.00. The van der Waals surface area contributed by atoms with Gasteiger partial charge in [-0.05, 0) is 13.5 Å². The van der Waals surface area contributed by atoms with Gasteiger partial charge in [-0.1, -0.05) is 7.43 Å². The zero-order valence-corrected chi connectivity index (χ0v) is 4.59. The first-order chi connectivity index (χ1) is 3.29. The topological polar surface area (TPSA) is 23.5 Å². The van der Waals surface area contributed by atoms with Gasteiger partial charge < -0.3 is 10.0 Å². The minimum Gasteiger partial charge on any atom is -0.392 e. The number of rotatable bonds is 0. The molecule has 8 heavy (non-hydrogen) atoms. The van der Waals surface area contributed by atoms with Crippen molar-refractivity contribution in [1.29, 1.82) is 0 Å². The average molecular weight is 117 g/mol. The molecule has 1 atom stereocenters.